The predicted octanol–water partition coefficient (Wildman–Crippen LogP) is 3.91. The highest BCUT2D eigenvalue weighted by Gasteiger charge is 2.31. The molecule has 1 aromatic carbocycles. The summed E-state index contributed by atoms with van der Waals surface area (Å²) in [5.41, 5.74) is 2.13. The second-order valence-corrected chi connectivity index (χ2v) is 7.89. The normalized spacial score (nSPS) is 15.6. The zero-order chi connectivity index (χ0) is 19.4. The molecule has 6 nitrogen and oxygen atoms in total. The number of carbonyl (C=O) groups is 2. The van der Waals surface area contributed by atoms with Crippen LogP contribution in [0.1, 0.15) is 29.7 Å². The topological polar surface area (TPSA) is 75.4 Å². The number of carbonyl (C=O) groups excluding carboxylic acids is 2. The third kappa shape index (κ3) is 5.05. The molecule has 1 aliphatic heterocycles. The Morgan fingerprint density at radius 2 is 2.07 bits per heavy atom. The second kappa shape index (κ2) is 8.49. The lowest BCUT2D eigenvalue weighted by Gasteiger charge is -2.13. The minimum Gasteiger partial charge on any atom is -0.360 e. The van der Waals surface area contributed by atoms with Crippen molar-refractivity contribution in [2.45, 2.75) is 26.7 Å². The fraction of sp³-hybridized carbons (Fsp3) is 0.263. The summed E-state index contributed by atoms with van der Waals surface area (Å²) in [6, 6.07) is 9.59. The van der Waals surface area contributed by atoms with Crippen molar-refractivity contribution in [1.82, 2.24) is 10.1 Å². The monoisotopic (exact) mass is 401 g/mol. The first-order chi connectivity index (χ1) is 12.9. The molecule has 1 saturated heterocycles. The van der Waals surface area contributed by atoms with E-state index in [1.807, 2.05) is 37.3 Å². The van der Waals surface area contributed by atoms with Gasteiger partial charge in [-0.2, -0.15) is 0 Å². The molecule has 1 aromatic heterocycles. The molecule has 1 fully saturated rings. The Kier molecular flexibility index (Phi) is 6.08. The van der Waals surface area contributed by atoms with E-state index >= 15 is 0 Å². The van der Waals surface area contributed by atoms with Crippen LogP contribution in [0.3, 0.4) is 0 Å². The second-order valence-electron chi connectivity index (χ2n) is 6.22. The number of thioether (sulfide) groups is 1. The van der Waals surface area contributed by atoms with Crippen LogP contribution in [-0.4, -0.2) is 32.7 Å². The first kappa shape index (κ1) is 19.3. The van der Waals surface area contributed by atoms with Crippen LogP contribution in [0.2, 0.25) is 0 Å². The molecule has 1 aliphatic rings. The Morgan fingerprint density at radius 1 is 1.33 bits per heavy atom. The fourth-order valence-electron chi connectivity index (χ4n) is 2.54. The number of amides is 2. The van der Waals surface area contributed by atoms with Gasteiger partial charge in [0, 0.05) is 19.0 Å². The van der Waals surface area contributed by atoms with Crippen LogP contribution < -0.4 is 5.32 Å². The molecular formula is C19H19N3O3S2. The van der Waals surface area contributed by atoms with E-state index in [-0.39, 0.29) is 18.2 Å². The largest absolute Gasteiger partial charge is 0.360 e. The van der Waals surface area contributed by atoms with Crippen LogP contribution in [0.4, 0.5) is 5.82 Å². The molecule has 3 rings (SSSR count). The van der Waals surface area contributed by atoms with Crippen molar-refractivity contribution >= 4 is 52.0 Å². The van der Waals surface area contributed by atoms with Crippen molar-refractivity contribution in [1.29, 1.82) is 0 Å². The number of hydrogen-bond acceptors (Lipinski definition) is 6. The Balaban J connectivity index is 1.53. The summed E-state index contributed by atoms with van der Waals surface area (Å²) in [5.74, 6) is 0.731. The van der Waals surface area contributed by atoms with Crippen molar-refractivity contribution in [3.63, 3.8) is 0 Å². The number of benzene rings is 1. The maximum Gasteiger partial charge on any atom is 0.266 e. The molecule has 0 saturated carbocycles. The molecule has 0 unspecified atom stereocenters. The molecule has 140 valence electrons. The molecule has 2 aromatic rings. The van der Waals surface area contributed by atoms with Gasteiger partial charge in [0.1, 0.15) is 10.1 Å². The van der Waals surface area contributed by atoms with Gasteiger partial charge in [-0.15, -0.1) is 0 Å². The van der Waals surface area contributed by atoms with Crippen molar-refractivity contribution in [2.75, 3.05) is 11.9 Å². The lowest BCUT2D eigenvalue weighted by molar-refractivity contribution is -0.122. The molecule has 0 atom stereocenters. The highest BCUT2D eigenvalue weighted by molar-refractivity contribution is 8.26. The van der Waals surface area contributed by atoms with Gasteiger partial charge in [-0.3, -0.25) is 14.5 Å². The van der Waals surface area contributed by atoms with Crippen LogP contribution in [0.25, 0.3) is 6.08 Å². The van der Waals surface area contributed by atoms with Crippen molar-refractivity contribution in [2.24, 2.45) is 0 Å². The molecule has 0 radical (unpaired) electrons. The van der Waals surface area contributed by atoms with E-state index in [4.69, 9.17) is 16.7 Å². The summed E-state index contributed by atoms with van der Waals surface area (Å²) in [4.78, 5) is 26.7. The molecule has 0 aliphatic carbocycles. The van der Waals surface area contributed by atoms with E-state index in [2.05, 4.69) is 10.5 Å². The van der Waals surface area contributed by atoms with Gasteiger partial charge < -0.3 is 9.84 Å². The van der Waals surface area contributed by atoms with Crippen LogP contribution in [0, 0.1) is 13.8 Å². The number of rotatable bonds is 6. The highest BCUT2D eigenvalue weighted by atomic mass is 32.2. The Hall–Kier alpha value is -2.45. The zero-order valence-corrected chi connectivity index (χ0v) is 16.7. The van der Waals surface area contributed by atoms with Gasteiger partial charge in [0.2, 0.25) is 5.91 Å². The summed E-state index contributed by atoms with van der Waals surface area (Å²) in [6.45, 7) is 4.17. The summed E-state index contributed by atoms with van der Waals surface area (Å²) >= 11 is 6.61. The number of nitrogens with zero attached hydrogens (tertiary/aromatic N) is 2. The van der Waals surface area contributed by atoms with Gasteiger partial charge in [-0.1, -0.05) is 59.0 Å². The molecule has 0 spiro atoms. The molecule has 8 heteroatoms. The van der Waals surface area contributed by atoms with Gasteiger partial charge in [0.25, 0.3) is 5.91 Å². The summed E-state index contributed by atoms with van der Waals surface area (Å²) in [7, 11) is 0. The standard InChI is InChI=1S/C19H19N3O3S2/c1-12-5-7-14(8-6-12)11-15-18(24)22(19(26)27-15)9-3-4-17(23)20-16-10-13(2)25-21-16/h5-8,10-11H,3-4,9H2,1-2H3,(H,20,21,23). The maximum atomic E-state index is 12.6. The number of hydrogen-bond donors (Lipinski definition) is 1. The molecular weight excluding hydrogens is 382 g/mol. The van der Waals surface area contributed by atoms with E-state index in [9.17, 15) is 9.59 Å². The Labute approximate surface area is 167 Å². The minimum absolute atomic E-state index is 0.113. The molecule has 2 amide bonds. The van der Waals surface area contributed by atoms with Crippen molar-refractivity contribution in [3.8, 4) is 0 Å². The zero-order valence-electron chi connectivity index (χ0n) is 15.0. The summed E-state index contributed by atoms with van der Waals surface area (Å²) < 4.78 is 5.42. The molecule has 0 bridgehead atoms. The van der Waals surface area contributed by atoms with Gasteiger partial charge >= 0.3 is 0 Å². The quantitative estimate of drug-likeness (QED) is 0.584. The fourth-order valence-corrected chi connectivity index (χ4v) is 3.84. The Morgan fingerprint density at radius 3 is 2.74 bits per heavy atom. The smallest absolute Gasteiger partial charge is 0.266 e. The first-order valence-electron chi connectivity index (χ1n) is 8.47. The van der Waals surface area contributed by atoms with E-state index < -0.39 is 0 Å². The number of thiocarbonyl (C=S) groups is 1. The molecule has 2 heterocycles. The van der Waals surface area contributed by atoms with E-state index in [0.717, 1.165) is 5.56 Å². The SMILES string of the molecule is Cc1ccc(C=C2SC(=S)N(CCCC(=O)Nc3cc(C)on3)C2=O)cc1. The number of aryl methyl sites for hydroxylation is 2. The van der Waals surface area contributed by atoms with Crippen LogP contribution in [0.5, 0.6) is 0 Å². The van der Waals surface area contributed by atoms with Crippen LogP contribution in [0.15, 0.2) is 39.8 Å². The lowest BCUT2D eigenvalue weighted by atomic mass is 10.1. The average molecular weight is 402 g/mol. The number of anilines is 1. The lowest BCUT2D eigenvalue weighted by Crippen LogP contribution is -2.29. The van der Waals surface area contributed by atoms with Crippen LogP contribution in [-0.2, 0) is 9.59 Å². The van der Waals surface area contributed by atoms with Gasteiger partial charge in [0.05, 0.1) is 4.91 Å². The minimum atomic E-state index is -0.177. The molecule has 1 N–H and O–H groups in total. The number of aromatic nitrogens is 1. The first-order valence-corrected chi connectivity index (χ1v) is 9.70. The van der Waals surface area contributed by atoms with Gasteiger partial charge in [-0.05, 0) is 31.9 Å². The maximum absolute atomic E-state index is 12.6. The van der Waals surface area contributed by atoms with Crippen molar-refractivity contribution < 1.29 is 14.1 Å². The van der Waals surface area contributed by atoms with E-state index in [1.54, 1.807) is 17.9 Å². The summed E-state index contributed by atoms with van der Waals surface area (Å²) in [6.07, 6.45) is 2.62. The van der Waals surface area contributed by atoms with Crippen LogP contribution >= 0.6 is 24.0 Å². The number of nitrogens with one attached hydrogen (secondary N) is 1. The van der Waals surface area contributed by atoms with Crippen molar-refractivity contribution in [3.05, 3.63) is 52.1 Å². The van der Waals surface area contributed by atoms with Gasteiger partial charge in [0.15, 0.2) is 5.82 Å². The average Bonchev–Trinajstić information content (AvgIpc) is 3.14. The third-order valence-electron chi connectivity index (χ3n) is 3.93. The highest BCUT2D eigenvalue weighted by Crippen LogP contribution is 2.32. The summed E-state index contributed by atoms with van der Waals surface area (Å²) in [5, 5.41) is 6.38. The van der Waals surface area contributed by atoms with E-state index in [1.165, 1.54) is 17.3 Å². The van der Waals surface area contributed by atoms with Gasteiger partial charge in [-0.25, -0.2) is 0 Å². The predicted molar refractivity (Wildman–Crippen MR) is 110 cm³/mol. The Bertz CT molecular complexity index is 903. The third-order valence-corrected chi connectivity index (χ3v) is 5.31. The van der Waals surface area contributed by atoms with E-state index in [0.29, 0.717) is 33.8 Å². The molecule has 27 heavy (non-hydrogen) atoms.